The van der Waals surface area contributed by atoms with Gasteiger partial charge in [-0.15, -0.1) is 0 Å². The molecule has 396 valence electrons. The first-order chi connectivity index (χ1) is 36.4. The standard InChI is InChI=1S/C62H77NO11/c1-2-3-4-5-6-7-8-9-10-11-12-28-39-53-57(74-62(67)73-53)52(63(42-47-29-18-13-19-30-47)61(66)71-45-50-35-24-16-25-36-50)40-41-54-58(68-43-48-31-20-14-21-32-48)59(69-44-49-33-22-15-23-34-49)56(64)55(72-54)46-70-60(65)51-37-26-17-27-38-51/h13-27,29-38,52-59,64H,2-12,28,39-46H2,1H3/t52-,53?,54-,55?,56-,57-,58?,59-/m0/s1. The molecular formula is C62H77NO11. The number of aliphatic hydroxyl groups is 1. The van der Waals surface area contributed by atoms with Gasteiger partial charge in [0, 0.05) is 6.54 Å². The minimum atomic E-state index is -1.28. The Morgan fingerprint density at radius 1 is 0.541 bits per heavy atom. The number of carbonyl (C=O) groups excluding carboxylic acids is 3. The number of benzene rings is 5. The molecule has 12 heteroatoms. The van der Waals surface area contributed by atoms with Crippen molar-refractivity contribution in [3.05, 3.63) is 179 Å². The molecule has 2 fully saturated rings. The van der Waals surface area contributed by atoms with Crippen molar-refractivity contribution in [1.29, 1.82) is 0 Å². The van der Waals surface area contributed by atoms with Gasteiger partial charge in [0.2, 0.25) is 0 Å². The molecule has 2 aliphatic rings. The Bertz CT molecular complexity index is 2340. The van der Waals surface area contributed by atoms with Crippen LogP contribution in [-0.2, 0) is 59.5 Å². The first-order valence-electron chi connectivity index (χ1n) is 27.1. The summed E-state index contributed by atoms with van der Waals surface area (Å²) in [7, 11) is 0. The van der Waals surface area contributed by atoms with E-state index in [0.29, 0.717) is 12.0 Å². The summed E-state index contributed by atoms with van der Waals surface area (Å²) >= 11 is 0. The molecule has 0 aliphatic carbocycles. The maximum atomic E-state index is 14.8. The molecule has 2 heterocycles. The average molecular weight is 1010 g/mol. The minimum Gasteiger partial charge on any atom is -0.459 e. The summed E-state index contributed by atoms with van der Waals surface area (Å²) in [6, 6.07) is 46.5. The fourth-order valence-corrected chi connectivity index (χ4v) is 9.99. The summed E-state index contributed by atoms with van der Waals surface area (Å²) in [5.41, 5.74) is 3.84. The lowest BCUT2D eigenvalue weighted by molar-refractivity contribution is -0.259. The Balaban J connectivity index is 1.16. The van der Waals surface area contributed by atoms with Crippen LogP contribution in [0.15, 0.2) is 152 Å². The maximum Gasteiger partial charge on any atom is 0.509 e. The fourth-order valence-electron chi connectivity index (χ4n) is 9.99. The van der Waals surface area contributed by atoms with Crippen molar-refractivity contribution in [3.63, 3.8) is 0 Å². The number of carbonyl (C=O) groups is 3. The number of cyclic esters (lactones) is 2. The Morgan fingerprint density at radius 2 is 1.03 bits per heavy atom. The average Bonchev–Trinajstić information content (AvgIpc) is 3.81. The van der Waals surface area contributed by atoms with E-state index in [1.54, 1.807) is 29.2 Å². The first kappa shape index (κ1) is 55.7. The summed E-state index contributed by atoms with van der Waals surface area (Å²) in [6.07, 6.45) is 7.64. The van der Waals surface area contributed by atoms with Gasteiger partial charge in [0.25, 0.3) is 0 Å². The monoisotopic (exact) mass is 1010 g/mol. The van der Waals surface area contributed by atoms with Crippen molar-refractivity contribution in [2.24, 2.45) is 0 Å². The van der Waals surface area contributed by atoms with Crippen LogP contribution in [-0.4, -0.2) is 83.6 Å². The summed E-state index contributed by atoms with van der Waals surface area (Å²) in [6.45, 7) is 2.50. The molecule has 5 aromatic carbocycles. The predicted octanol–water partition coefficient (Wildman–Crippen LogP) is 13.1. The van der Waals surface area contributed by atoms with Crippen LogP contribution in [0.25, 0.3) is 0 Å². The lowest BCUT2D eigenvalue weighted by atomic mass is 9.88. The van der Waals surface area contributed by atoms with E-state index < -0.39 is 67.0 Å². The zero-order chi connectivity index (χ0) is 51.6. The van der Waals surface area contributed by atoms with E-state index in [0.717, 1.165) is 47.9 Å². The maximum absolute atomic E-state index is 14.8. The molecule has 0 bridgehead atoms. The molecule has 74 heavy (non-hydrogen) atoms. The number of unbranched alkanes of at least 4 members (excludes halogenated alkanes) is 11. The van der Waals surface area contributed by atoms with E-state index in [-0.39, 0.29) is 45.8 Å². The number of hydrogen-bond donors (Lipinski definition) is 1. The molecule has 3 unspecified atom stereocenters. The van der Waals surface area contributed by atoms with Crippen molar-refractivity contribution in [2.75, 3.05) is 6.61 Å². The van der Waals surface area contributed by atoms with E-state index >= 15 is 0 Å². The van der Waals surface area contributed by atoms with Gasteiger partial charge in [-0.2, -0.15) is 0 Å². The number of esters is 1. The lowest BCUT2D eigenvalue weighted by Crippen LogP contribution is -2.61. The fraction of sp³-hybridized carbons (Fsp3) is 0.468. The van der Waals surface area contributed by atoms with Gasteiger partial charge in [-0.3, -0.25) is 4.90 Å². The van der Waals surface area contributed by atoms with E-state index in [1.807, 2.05) is 127 Å². The summed E-state index contributed by atoms with van der Waals surface area (Å²) in [5.74, 6) is -0.560. The van der Waals surface area contributed by atoms with Crippen LogP contribution in [0.5, 0.6) is 0 Å². The third-order valence-electron chi connectivity index (χ3n) is 14.1. The topological polar surface area (TPSA) is 139 Å². The smallest absolute Gasteiger partial charge is 0.459 e. The zero-order valence-corrected chi connectivity index (χ0v) is 43.2. The summed E-state index contributed by atoms with van der Waals surface area (Å²) < 4.78 is 44.3. The summed E-state index contributed by atoms with van der Waals surface area (Å²) in [5, 5.41) is 12.2. The van der Waals surface area contributed by atoms with Gasteiger partial charge >= 0.3 is 18.2 Å². The van der Waals surface area contributed by atoms with Gasteiger partial charge in [-0.05, 0) is 60.1 Å². The highest BCUT2D eigenvalue weighted by atomic mass is 16.8. The van der Waals surface area contributed by atoms with Crippen LogP contribution >= 0.6 is 0 Å². The van der Waals surface area contributed by atoms with Crippen LogP contribution in [0.2, 0.25) is 0 Å². The molecule has 0 radical (unpaired) electrons. The number of ether oxygens (including phenoxy) is 7. The van der Waals surface area contributed by atoms with Crippen LogP contribution in [0.1, 0.15) is 136 Å². The molecule has 1 amide bonds. The largest absolute Gasteiger partial charge is 0.509 e. The third-order valence-corrected chi connectivity index (χ3v) is 14.1. The molecule has 0 aromatic heterocycles. The normalized spacial score (nSPS) is 20.8. The van der Waals surface area contributed by atoms with Crippen molar-refractivity contribution in [3.8, 4) is 0 Å². The van der Waals surface area contributed by atoms with Gasteiger partial charge in [0.1, 0.15) is 43.7 Å². The predicted molar refractivity (Wildman–Crippen MR) is 284 cm³/mol. The number of rotatable bonds is 31. The Hall–Kier alpha value is -6.05. The third kappa shape index (κ3) is 17.8. The Kier molecular flexibility index (Phi) is 23.3. The highest BCUT2D eigenvalue weighted by Crippen LogP contribution is 2.35. The van der Waals surface area contributed by atoms with Crippen molar-refractivity contribution < 1.29 is 52.6 Å². The van der Waals surface area contributed by atoms with Crippen molar-refractivity contribution >= 4 is 18.2 Å². The second kappa shape index (κ2) is 31.0. The zero-order valence-electron chi connectivity index (χ0n) is 43.2. The van der Waals surface area contributed by atoms with Crippen molar-refractivity contribution in [2.45, 2.75) is 178 Å². The number of aliphatic hydroxyl groups excluding tert-OH is 1. The Labute approximate surface area is 438 Å². The Morgan fingerprint density at radius 3 is 1.58 bits per heavy atom. The molecule has 7 rings (SSSR count). The van der Waals surface area contributed by atoms with Crippen LogP contribution < -0.4 is 0 Å². The van der Waals surface area contributed by atoms with Crippen molar-refractivity contribution in [1.82, 2.24) is 4.90 Å². The van der Waals surface area contributed by atoms with Gasteiger partial charge in [-0.1, -0.05) is 217 Å². The highest BCUT2D eigenvalue weighted by Gasteiger charge is 2.50. The van der Waals surface area contributed by atoms with Gasteiger partial charge in [0.05, 0.1) is 30.9 Å². The van der Waals surface area contributed by atoms with Crippen LogP contribution in [0.4, 0.5) is 9.59 Å². The first-order valence-corrected chi connectivity index (χ1v) is 27.1. The minimum absolute atomic E-state index is 0.0315. The number of amides is 1. The molecule has 8 atom stereocenters. The molecule has 1 N–H and O–H groups in total. The molecule has 2 aliphatic heterocycles. The van der Waals surface area contributed by atoms with E-state index in [2.05, 4.69) is 6.92 Å². The highest BCUT2D eigenvalue weighted by molar-refractivity contribution is 5.89. The number of nitrogens with zero attached hydrogens (tertiary/aromatic N) is 1. The lowest BCUT2D eigenvalue weighted by Gasteiger charge is -2.45. The number of hydrogen-bond acceptors (Lipinski definition) is 11. The van der Waals surface area contributed by atoms with Gasteiger partial charge < -0.3 is 38.3 Å². The van der Waals surface area contributed by atoms with Gasteiger partial charge in [0.15, 0.2) is 6.10 Å². The molecular weight excluding hydrogens is 935 g/mol. The molecule has 0 saturated carbocycles. The van der Waals surface area contributed by atoms with E-state index in [4.69, 9.17) is 33.2 Å². The molecule has 12 nitrogen and oxygen atoms in total. The van der Waals surface area contributed by atoms with Crippen LogP contribution in [0.3, 0.4) is 0 Å². The SMILES string of the molecule is CCCCCCCCCCCCCCC1OC(=O)O[C@H]1[C@H](CC[C@@H]1OC(COC(=O)c2ccccc2)[C@H](O)[C@H](OCc2ccccc2)C1OCc1ccccc1)N(Cc1ccccc1)C(=O)OCc1ccccc1. The van der Waals surface area contributed by atoms with Crippen LogP contribution in [0, 0.1) is 0 Å². The molecule has 2 saturated heterocycles. The second-order valence-electron chi connectivity index (χ2n) is 19.7. The molecule has 0 spiro atoms. The van der Waals surface area contributed by atoms with Gasteiger partial charge in [-0.25, -0.2) is 14.4 Å². The second-order valence-corrected chi connectivity index (χ2v) is 19.7. The van der Waals surface area contributed by atoms with E-state index in [9.17, 15) is 19.5 Å². The quantitative estimate of drug-likeness (QED) is 0.0258. The van der Waals surface area contributed by atoms with E-state index in [1.165, 1.54) is 51.4 Å². The molecule has 5 aromatic rings. The summed E-state index contributed by atoms with van der Waals surface area (Å²) in [4.78, 5) is 43.1.